The number of aliphatic imine (C=N–C) groups is 1. The average molecular weight is 239 g/mol. The van der Waals surface area contributed by atoms with E-state index in [0.29, 0.717) is 12.0 Å². The molecule has 17 heavy (non-hydrogen) atoms. The Morgan fingerprint density at radius 1 is 1.29 bits per heavy atom. The number of nitrogens with two attached hydrogens (primary N) is 1. The number of likely N-dealkylation sites (tertiary alicyclic amines) is 1. The first-order valence-electron chi connectivity index (χ1n) is 6.86. The topological polar surface area (TPSA) is 50.9 Å². The molecule has 1 atom stereocenters. The van der Waals surface area contributed by atoms with Crippen molar-refractivity contribution in [1.82, 2.24) is 4.90 Å². The second-order valence-corrected chi connectivity index (χ2v) is 5.34. The van der Waals surface area contributed by atoms with Gasteiger partial charge in [0.1, 0.15) is 0 Å². The Hall–Kier alpha value is -0.770. The number of methoxy groups -OCH3 is 1. The second kappa shape index (κ2) is 6.24. The smallest absolute Gasteiger partial charge is 0.191 e. The van der Waals surface area contributed by atoms with E-state index >= 15 is 0 Å². The highest BCUT2D eigenvalue weighted by molar-refractivity contribution is 5.78. The first-order chi connectivity index (χ1) is 8.29. The minimum atomic E-state index is 0.477. The SMILES string of the molecule is COCC1CCN(C(N)=NC2CCCCC2)C1. The molecule has 98 valence electrons. The third-order valence-corrected chi connectivity index (χ3v) is 3.90. The number of rotatable bonds is 3. The molecule has 1 heterocycles. The van der Waals surface area contributed by atoms with Gasteiger partial charge in [0.15, 0.2) is 5.96 Å². The molecule has 0 spiro atoms. The molecule has 1 aliphatic heterocycles. The first kappa shape index (κ1) is 12.7. The van der Waals surface area contributed by atoms with Crippen molar-refractivity contribution < 1.29 is 4.74 Å². The third kappa shape index (κ3) is 3.60. The van der Waals surface area contributed by atoms with Gasteiger partial charge in [-0.2, -0.15) is 0 Å². The summed E-state index contributed by atoms with van der Waals surface area (Å²) in [5.41, 5.74) is 6.10. The van der Waals surface area contributed by atoms with Gasteiger partial charge in [-0.1, -0.05) is 19.3 Å². The van der Waals surface area contributed by atoms with Gasteiger partial charge in [-0.05, 0) is 19.3 Å². The second-order valence-electron chi connectivity index (χ2n) is 5.34. The normalized spacial score (nSPS) is 27.7. The molecular weight excluding hydrogens is 214 g/mol. The minimum Gasteiger partial charge on any atom is -0.384 e. The Kier molecular flexibility index (Phi) is 4.66. The maximum atomic E-state index is 6.10. The van der Waals surface area contributed by atoms with Gasteiger partial charge < -0.3 is 15.4 Å². The maximum Gasteiger partial charge on any atom is 0.191 e. The molecule has 4 heteroatoms. The Labute approximate surface area is 104 Å². The lowest BCUT2D eigenvalue weighted by atomic mass is 9.96. The summed E-state index contributed by atoms with van der Waals surface area (Å²) in [6.45, 7) is 2.89. The van der Waals surface area contributed by atoms with Gasteiger partial charge in [-0.3, -0.25) is 0 Å². The molecular formula is C13H25N3O. The lowest BCUT2D eigenvalue weighted by Crippen LogP contribution is -2.37. The van der Waals surface area contributed by atoms with Gasteiger partial charge in [-0.25, -0.2) is 4.99 Å². The first-order valence-corrected chi connectivity index (χ1v) is 6.86. The van der Waals surface area contributed by atoms with Crippen molar-refractivity contribution in [2.24, 2.45) is 16.6 Å². The van der Waals surface area contributed by atoms with Crippen molar-refractivity contribution in [3.05, 3.63) is 0 Å². The Morgan fingerprint density at radius 2 is 2.06 bits per heavy atom. The number of nitrogens with zero attached hydrogens (tertiary/aromatic N) is 2. The minimum absolute atomic E-state index is 0.477. The van der Waals surface area contributed by atoms with Crippen molar-refractivity contribution in [2.75, 3.05) is 26.8 Å². The average Bonchev–Trinajstić information content (AvgIpc) is 2.79. The van der Waals surface area contributed by atoms with E-state index in [4.69, 9.17) is 15.5 Å². The zero-order valence-electron chi connectivity index (χ0n) is 10.9. The summed E-state index contributed by atoms with van der Waals surface area (Å²) < 4.78 is 5.20. The molecule has 0 amide bonds. The molecule has 1 saturated carbocycles. The summed E-state index contributed by atoms with van der Waals surface area (Å²) in [5.74, 6) is 1.38. The van der Waals surface area contributed by atoms with E-state index in [0.717, 1.165) is 25.7 Å². The predicted octanol–water partition coefficient (Wildman–Crippen LogP) is 1.60. The van der Waals surface area contributed by atoms with Gasteiger partial charge in [0.25, 0.3) is 0 Å². The number of hydrogen-bond acceptors (Lipinski definition) is 2. The van der Waals surface area contributed by atoms with Crippen molar-refractivity contribution in [1.29, 1.82) is 0 Å². The highest BCUT2D eigenvalue weighted by Gasteiger charge is 2.24. The predicted molar refractivity (Wildman–Crippen MR) is 70.1 cm³/mol. The molecule has 1 unspecified atom stereocenters. The fourth-order valence-electron chi connectivity index (χ4n) is 2.89. The molecule has 1 aliphatic carbocycles. The van der Waals surface area contributed by atoms with Crippen LogP contribution in [-0.2, 0) is 4.74 Å². The molecule has 2 fully saturated rings. The van der Waals surface area contributed by atoms with Crippen LogP contribution in [-0.4, -0.2) is 43.7 Å². The van der Waals surface area contributed by atoms with Crippen LogP contribution in [0.5, 0.6) is 0 Å². The number of guanidine groups is 1. The standard InChI is InChI=1S/C13H25N3O/c1-17-10-11-7-8-16(9-11)13(14)15-12-5-3-2-4-6-12/h11-12H,2-10H2,1H3,(H2,14,15). The highest BCUT2D eigenvalue weighted by atomic mass is 16.5. The molecule has 0 aromatic rings. The molecule has 2 aliphatic rings. The summed E-state index contributed by atoms with van der Waals surface area (Å²) in [6, 6.07) is 0.477. The van der Waals surface area contributed by atoms with E-state index in [1.54, 1.807) is 7.11 Å². The third-order valence-electron chi connectivity index (χ3n) is 3.90. The molecule has 1 saturated heterocycles. The van der Waals surface area contributed by atoms with Crippen LogP contribution < -0.4 is 5.73 Å². The summed E-state index contributed by atoms with van der Waals surface area (Å²) in [6.07, 6.45) is 7.61. The Bertz CT molecular complexity index is 261. The van der Waals surface area contributed by atoms with Gasteiger partial charge in [-0.15, -0.1) is 0 Å². The van der Waals surface area contributed by atoms with E-state index in [9.17, 15) is 0 Å². The van der Waals surface area contributed by atoms with E-state index in [2.05, 4.69) is 4.90 Å². The van der Waals surface area contributed by atoms with E-state index in [-0.39, 0.29) is 0 Å². The van der Waals surface area contributed by atoms with Crippen molar-refractivity contribution >= 4 is 5.96 Å². The largest absolute Gasteiger partial charge is 0.384 e. The summed E-state index contributed by atoms with van der Waals surface area (Å²) in [5, 5.41) is 0. The van der Waals surface area contributed by atoms with Gasteiger partial charge in [0, 0.05) is 26.1 Å². The molecule has 0 bridgehead atoms. The zero-order valence-corrected chi connectivity index (χ0v) is 10.9. The molecule has 2 rings (SSSR count). The van der Waals surface area contributed by atoms with Crippen LogP contribution >= 0.6 is 0 Å². The van der Waals surface area contributed by atoms with Crippen LogP contribution in [0.3, 0.4) is 0 Å². The van der Waals surface area contributed by atoms with Gasteiger partial charge in [0.05, 0.1) is 12.6 Å². The molecule has 0 radical (unpaired) electrons. The van der Waals surface area contributed by atoms with Crippen molar-refractivity contribution in [3.63, 3.8) is 0 Å². The van der Waals surface area contributed by atoms with E-state index in [1.807, 2.05) is 0 Å². The van der Waals surface area contributed by atoms with Gasteiger partial charge >= 0.3 is 0 Å². The van der Waals surface area contributed by atoms with Crippen molar-refractivity contribution in [3.8, 4) is 0 Å². The molecule has 0 aromatic heterocycles. The van der Waals surface area contributed by atoms with Crippen LogP contribution in [0, 0.1) is 5.92 Å². The summed E-state index contributed by atoms with van der Waals surface area (Å²) >= 11 is 0. The Morgan fingerprint density at radius 3 is 2.76 bits per heavy atom. The summed E-state index contributed by atoms with van der Waals surface area (Å²) in [4.78, 5) is 6.91. The van der Waals surface area contributed by atoms with E-state index in [1.165, 1.54) is 38.5 Å². The monoisotopic (exact) mass is 239 g/mol. The lowest BCUT2D eigenvalue weighted by molar-refractivity contribution is 0.157. The van der Waals surface area contributed by atoms with Crippen molar-refractivity contribution in [2.45, 2.75) is 44.6 Å². The van der Waals surface area contributed by atoms with E-state index < -0.39 is 0 Å². The number of hydrogen-bond donors (Lipinski definition) is 1. The number of ether oxygens (including phenoxy) is 1. The molecule has 2 N–H and O–H groups in total. The van der Waals surface area contributed by atoms with Crippen LogP contribution in [0.25, 0.3) is 0 Å². The fraction of sp³-hybridized carbons (Fsp3) is 0.923. The van der Waals surface area contributed by atoms with Crippen LogP contribution in [0.15, 0.2) is 4.99 Å². The molecule has 4 nitrogen and oxygen atoms in total. The highest BCUT2D eigenvalue weighted by Crippen LogP contribution is 2.21. The van der Waals surface area contributed by atoms with Crippen LogP contribution in [0.1, 0.15) is 38.5 Å². The van der Waals surface area contributed by atoms with Crippen LogP contribution in [0.2, 0.25) is 0 Å². The lowest BCUT2D eigenvalue weighted by Gasteiger charge is -2.22. The zero-order chi connectivity index (χ0) is 12.1. The molecule has 0 aromatic carbocycles. The van der Waals surface area contributed by atoms with Crippen LogP contribution in [0.4, 0.5) is 0 Å². The van der Waals surface area contributed by atoms with Gasteiger partial charge in [0.2, 0.25) is 0 Å². The maximum absolute atomic E-state index is 6.10. The summed E-state index contributed by atoms with van der Waals surface area (Å²) in [7, 11) is 1.77. The fourth-order valence-corrected chi connectivity index (χ4v) is 2.89. The Balaban J connectivity index is 1.82. The quantitative estimate of drug-likeness (QED) is 0.601.